The summed E-state index contributed by atoms with van der Waals surface area (Å²) in [4.78, 5) is 182. The predicted molar refractivity (Wildman–Crippen MR) is 487 cm³/mol. The average Bonchev–Trinajstić information content (AvgIpc) is 0.689. The van der Waals surface area contributed by atoms with Crippen LogP contribution in [0, 0.1) is 65.5 Å². The molecule has 24 nitrogen and oxygen atoms in total. The van der Waals surface area contributed by atoms with Crippen LogP contribution in [0.25, 0.3) is 144 Å². The van der Waals surface area contributed by atoms with Crippen molar-refractivity contribution in [3.05, 3.63) is 227 Å². The Hall–Kier alpha value is -16.0. The minimum absolute atomic E-state index is 0.172. The van der Waals surface area contributed by atoms with Crippen LogP contribution in [-0.4, -0.2) is 141 Å². The van der Waals surface area contributed by atoms with Gasteiger partial charge in [-0.05, 0) is 191 Å². The highest BCUT2D eigenvalue weighted by atomic mass is 16.2. The minimum atomic E-state index is -0.506. The van der Waals surface area contributed by atoms with Crippen molar-refractivity contribution in [3.63, 3.8) is 0 Å². The highest BCUT2D eigenvalue weighted by Crippen LogP contribution is 2.56. The Morgan fingerprint density at radius 2 is 0.492 bits per heavy atom. The van der Waals surface area contributed by atoms with E-state index in [1.165, 1.54) is 45.8 Å². The van der Waals surface area contributed by atoms with Crippen molar-refractivity contribution in [2.24, 2.45) is 11.8 Å². The predicted octanol–water partition coefficient (Wildman–Crippen LogP) is 21.3. The minimum Gasteiger partial charge on any atom is -0.278 e. The van der Waals surface area contributed by atoms with Gasteiger partial charge in [0.1, 0.15) is 0 Å². The van der Waals surface area contributed by atoms with Gasteiger partial charge in [-0.15, -0.1) is 0 Å². The van der Waals surface area contributed by atoms with Crippen LogP contribution in [0.4, 0.5) is 17.1 Å². The second kappa shape index (κ2) is 30.4. The van der Waals surface area contributed by atoms with Gasteiger partial charge in [-0.1, -0.05) is 129 Å². The summed E-state index contributed by atoms with van der Waals surface area (Å²) in [5.41, 5.74) is 5.31. The van der Waals surface area contributed by atoms with Crippen LogP contribution in [0.2, 0.25) is 0 Å². The molecule has 6 aliphatic heterocycles. The number of amides is 12. The van der Waals surface area contributed by atoms with Crippen molar-refractivity contribution in [2.75, 3.05) is 40.3 Å². The monoisotopic (exact) mass is 1680 g/mol. The Balaban J connectivity index is 0.000000126. The lowest BCUT2D eigenvalue weighted by atomic mass is 9.80. The Labute approximate surface area is 731 Å². The van der Waals surface area contributed by atoms with Gasteiger partial charge in [0.2, 0.25) is 0 Å². The van der Waals surface area contributed by atoms with Crippen LogP contribution in [0.5, 0.6) is 0 Å². The largest absolute Gasteiger partial charge is 0.278 e. The van der Waals surface area contributed by atoms with E-state index in [2.05, 4.69) is 60.4 Å². The number of carbonyl (C=O) groups is 12. The summed E-state index contributed by atoms with van der Waals surface area (Å²) in [5.74, 6) is -4.75. The molecule has 2 unspecified atom stereocenters. The number of imide groups is 6. The SMILES string of the molecule is [C-]#[N+]c1cc2c3c(ccc4c5c(C#N)cc6c7c(ccc(c1c34)c75)C(=O)N(C)C6=O)C(=O)N(C)C2=O.[C-]#[N+]c1cc2c3c(ccc4c5c(C#N)cc6c7c(ccc(c1c34)c75)C(=O)N(CC(CC)CCCC)C6=O)C(=O)N(CC(CC)CCCC)C2=O.[C-]#[N+]c1cc2c3c(ccc4c5c(C#N)cc6c7c(ccc(c1c34)c75)C(=O)N(CCCC)C6=O)C(=O)N(CCCC)C2=O. The molecule has 15 aromatic carbocycles. The molecule has 12 amide bonds. The number of fused-ring (bicyclic) bond motifs is 6. The second-order valence-electron chi connectivity index (χ2n) is 34.0. The zero-order valence-electron chi connectivity index (χ0n) is 71.1. The lowest BCUT2D eigenvalue weighted by molar-refractivity contribution is 0.0565. The van der Waals surface area contributed by atoms with E-state index in [1.54, 1.807) is 97.1 Å². The fraction of sp³-hybridized carbons (Fsp3) is 0.250. The third-order valence-electron chi connectivity index (χ3n) is 27.4. The van der Waals surface area contributed by atoms with Gasteiger partial charge in [-0.25, -0.2) is 14.5 Å². The van der Waals surface area contributed by atoms with Crippen LogP contribution in [0.3, 0.4) is 0 Å². The van der Waals surface area contributed by atoms with Crippen molar-refractivity contribution in [1.29, 1.82) is 15.8 Å². The van der Waals surface area contributed by atoms with Crippen molar-refractivity contribution in [1.82, 2.24) is 29.4 Å². The van der Waals surface area contributed by atoms with E-state index in [-0.39, 0.29) is 105 Å². The summed E-state index contributed by atoms with van der Waals surface area (Å²) in [6.45, 7) is 37.8. The number of nitriles is 3. The Bertz CT molecular complexity index is 7640. The van der Waals surface area contributed by atoms with Crippen molar-refractivity contribution in [3.8, 4) is 18.2 Å². The number of hydrogen-bond acceptors (Lipinski definition) is 15. The number of rotatable bonds is 18. The molecule has 0 fully saturated rings. The first-order chi connectivity index (χ1) is 61.9. The summed E-state index contributed by atoms with van der Waals surface area (Å²) >= 11 is 0. The van der Waals surface area contributed by atoms with Gasteiger partial charge in [0.15, 0.2) is 17.1 Å². The summed E-state index contributed by atoms with van der Waals surface area (Å²) in [5, 5.41) is 44.0. The van der Waals surface area contributed by atoms with E-state index in [9.17, 15) is 73.3 Å². The molecule has 0 saturated carbocycles. The van der Waals surface area contributed by atoms with Gasteiger partial charge in [-0.3, -0.25) is 86.9 Å². The van der Waals surface area contributed by atoms with Gasteiger partial charge in [0, 0.05) is 144 Å². The molecule has 6 aliphatic rings. The normalized spacial score (nSPS) is 15.0. The fourth-order valence-electron chi connectivity index (χ4n) is 21.0. The van der Waals surface area contributed by atoms with Crippen molar-refractivity contribution >= 4 is 217 Å². The Morgan fingerprint density at radius 3 is 0.758 bits per heavy atom. The molecule has 2 atom stereocenters. The zero-order chi connectivity index (χ0) is 90.1. The lowest BCUT2D eigenvalue weighted by Crippen LogP contribution is -2.43. The summed E-state index contributed by atoms with van der Waals surface area (Å²) in [7, 11) is 2.81. The number of hydrogen-bond donors (Lipinski definition) is 0. The molecule has 0 radical (unpaired) electrons. The molecule has 128 heavy (non-hydrogen) atoms. The molecule has 0 aliphatic carbocycles. The van der Waals surface area contributed by atoms with Crippen LogP contribution in [-0.2, 0) is 0 Å². The third-order valence-corrected chi connectivity index (χ3v) is 27.4. The molecule has 0 N–H and O–H groups in total. The van der Waals surface area contributed by atoms with Gasteiger partial charge < -0.3 is 0 Å². The molecular weight excluding hydrogens is 1610 g/mol. The first-order valence-electron chi connectivity index (χ1n) is 43.2. The average molecular weight is 1690 g/mol. The first-order valence-corrected chi connectivity index (χ1v) is 43.2. The quantitative estimate of drug-likeness (QED) is 0.0334. The standard InChI is InChI=1S/C42H40N4O4.C34H24N4O4.C28H12N4O4/c1-6-10-12-23(8-3)21-45-39(47)28-17-15-27-36-32(44-5)19-31-35-29(40(48)46(42(31)50)22-24(9-4)13-11-7-2)16-14-26(38(35)36)33-25(20-43)18-30(41(45)49)34(28)37(27)33;1-4-6-12-37-31(39)20-11-9-19-28-24(36-3)15-23-27-21(32(40)38(34(23)42)13-7-5-2)10-8-18(30(27)28)25-17(16-35)14-22(33(37)41)26(20)29(19)25;1-30-18-9-17-21-15(26(34)32(3)28(17)36)6-4-12-19-11(10-29)8-16-20-14(25(33)31(2)27(16)35)7-5-13(23(19)20)22(18)24(12)21/h14-19,23-24H,6-13,21-22H2,1-4H3;8-11,14-15H,4-7,12-13H2,1-2H3;4-9H,2-3H3. The maximum Gasteiger partial charge on any atom is 0.261 e. The first kappa shape index (κ1) is 81.6. The third kappa shape index (κ3) is 11.2. The van der Waals surface area contributed by atoms with Crippen LogP contribution in [0.1, 0.15) is 260 Å². The second-order valence-corrected chi connectivity index (χ2v) is 34.0. The molecule has 0 aromatic heterocycles. The van der Waals surface area contributed by atoms with E-state index >= 15 is 0 Å². The van der Waals surface area contributed by atoms with Crippen LogP contribution >= 0.6 is 0 Å². The van der Waals surface area contributed by atoms with E-state index in [4.69, 9.17) is 19.7 Å². The molecule has 6 heterocycles. The van der Waals surface area contributed by atoms with Gasteiger partial charge >= 0.3 is 0 Å². The molecular formula is C104H76N12O12. The van der Waals surface area contributed by atoms with Crippen molar-refractivity contribution in [2.45, 2.75) is 119 Å². The number of unbranched alkanes of at least 4 members (excludes halogenated alkanes) is 4. The Kier molecular flexibility index (Phi) is 19.4. The topological polar surface area (TPSA) is 309 Å². The molecule has 0 saturated heterocycles. The number of benzene rings is 15. The number of nitrogens with zero attached hydrogens (tertiary/aromatic N) is 12. The molecule has 24 heteroatoms. The van der Waals surface area contributed by atoms with E-state index < -0.39 is 47.3 Å². The van der Waals surface area contributed by atoms with Gasteiger partial charge in [0.05, 0.1) is 65.7 Å². The summed E-state index contributed by atoms with van der Waals surface area (Å²) in [6, 6.07) is 36.7. The maximum absolute atomic E-state index is 14.2. The lowest BCUT2D eigenvalue weighted by Gasteiger charge is -2.32. The molecule has 624 valence electrons. The maximum atomic E-state index is 14.2. The van der Waals surface area contributed by atoms with Crippen LogP contribution in [0.15, 0.2) is 109 Å². The molecule has 21 rings (SSSR count). The van der Waals surface area contributed by atoms with Crippen molar-refractivity contribution < 1.29 is 57.5 Å². The van der Waals surface area contributed by atoms with E-state index in [0.717, 1.165) is 74.0 Å². The Morgan fingerprint density at radius 1 is 0.273 bits per heavy atom. The summed E-state index contributed by atoms with van der Waals surface area (Å²) in [6.07, 6.45) is 10.5. The highest BCUT2D eigenvalue weighted by molar-refractivity contribution is 6.48. The fourth-order valence-corrected chi connectivity index (χ4v) is 21.0. The molecule has 15 aromatic rings. The van der Waals surface area contributed by atoms with Gasteiger partial charge in [-0.2, -0.15) is 15.8 Å². The highest BCUT2D eigenvalue weighted by Gasteiger charge is 2.44. The van der Waals surface area contributed by atoms with E-state index in [0.29, 0.717) is 200 Å². The van der Waals surface area contributed by atoms with Gasteiger partial charge in [0.25, 0.3) is 70.9 Å². The smallest absolute Gasteiger partial charge is 0.261 e. The summed E-state index contributed by atoms with van der Waals surface area (Å²) < 4.78 is 0. The van der Waals surface area contributed by atoms with E-state index in [1.807, 2.05) is 13.8 Å². The number of carbonyl (C=O) groups excluding carboxylic acids is 12. The zero-order valence-corrected chi connectivity index (χ0v) is 71.1. The molecule has 0 bridgehead atoms. The molecule has 0 spiro atoms. The van der Waals surface area contributed by atoms with Crippen LogP contribution < -0.4 is 0 Å².